The van der Waals surface area contributed by atoms with Crippen LogP contribution in [0.3, 0.4) is 0 Å². The van der Waals surface area contributed by atoms with Gasteiger partial charge in [0.1, 0.15) is 16.6 Å². The molecule has 1 saturated heterocycles. The fourth-order valence-corrected chi connectivity index (χ4v) is 5.65. The molecule has 9 heteroatoms. The van der Waals surface area contributed by atoms with E-state index in [0.717, 1.165) is 66.7 Å². The standard InChI is InChI=1S/C26H28ClN5O3/c1-13-9-18(14(2)28-19-5-6-20(27)29-22(19)26(34)35)23-30-24(31-8-7-16-10-17(16)12-31)21(15-3-4-15)25(33)32(23)11-13/h5-6,9,11,14-17,28H,3-4,7-8,10,12H2,1-2H3,(H,34,35)/t14-,16?,17?/m1/s1. The lowest BCUT2D eigenvalue weighted by Gasteiger charge is -2.30. The summed E-state index contributed by atoms with van der Waals surface area (Å²) >= 11 is 5.93. The SMILES string of the molecule is Cc1cc([C@@H](C)Nc2ccc(Cl)nc2C(=O)O)c2nc(N3CCC4CC4C3)c(C3CC3)c(=O)n2c1. The number of hydrogen-bond acceptors (Lipinski definition) is 6. The third-order valence-electron chi connectivity index (χ3n) is 7.59. The average molecular weight is 494 g/mol. The third-order valence-corrected chi connectivity index (χ3v) is 7.80. The van der Waals surface area contributed by atoms with Crippen LogP contribution in [0.4, 0.5) is 11.5 Å². The van der Waals surface area contributed by atoms with Crippen molar-refractivity contribution in [1.82, 2.24) is 14.4 Å². The molecule has 3 aromatic heterocycles. The van der Waals surface area contributed by atoms with Crippen molar-refractivity contribution in [3.05, 3.63) is 62.3 Å². The van der Waals surface area contributed by atoms with Gasteiger partial charge in [0.05, 0.1) is 17.3 Å². The zero-order valence-corrected chi connectivity index (χ0v) is 20.5. The molecule has 3 aromatic rings. The van der Waals surface area contributed by atoms with E-state index in [4.69, 9.17) is 16.6 Å². The van der Waals surface area contributed by atoms with E-state index in [1.165, 1.54) is 6.42 Å². The number of rotatable bonds is 6. The van der Waals surface area contributed by atoms with Gasteiger partial charge in [-0.3, -0.25) is 9.20 Å². The Morgan fingerprint density at radius 2 is 2.03 bits per heavy atom. The predicted molar refractivity (Wildman–Crippen MR) is 135 cm³/mol. The molecular weight excluding hydrogens is 466 g/mol. The molecule has 2 N–H and O–H groups in total. The summed E-state index contributed by atoms with van der Waals surface area (Å²) < 4.78 is 1.68. The first-order valence-corrected chi connectivity index (χ1v) is 12.7. The second-order valence-electron chi connectivity index (χ2n) is 10.3. The Kier molecular flexibility index (Phi) is 5.25. The van der Waals surface area contributed by atoms with Crippen LogP contribution < -0.4 is 15.8 Å². The number of hydrogen-bond donors (Lipinski definition) is 2. The molecule has 0 bridgehead atoms. The van der Waals surface area contributed by atoms with Gasteiger partial charge in [-0.1, -0.05) is 11.6 Å². The Balaban J connectivity index is 1.46. The van der Waals surface area contributed by atoms with E-state index in [9.17, 15) is 14.7 Å². The molecule has 182 valence electrons. The van der Waals surface area contributed by atoms with Gasteiger partial charge in [-0.2, -0.15) is 0 Å². The molecule has 0 radical (unpaired) electrons. The van der Waals surface area contributed by atoms with Crippen LogP contribution in [0.1, 0.15) is 71.7 Å². The molecule has 3 fully saturated rings. The van der Waals surface area contributed by atoms with Crippen molar-refractivity contribution >= 4 is 34.7 Å². The maximum absolute atomic E-state index is 13.8. The smallest absolute Gasteiger partial charge is 0.356 e. The molecule has 2 saturated carbocycles. The van der Waals surface area contributed by atoms with Crippen LogP contribution in [0.5, 0.6) is 0 Å². The predicted octanol–water partition coefficient (Wildman–Crippen LogP) is 4.65. The lowest BCUT2D eigenvalue weighted by atomic mass is 10.1. The Labute approximate surface area is 208 Å². The number of nitrogens with zero attached hydrogens (tertiary/aromatic N) is 4. The summed E-state index contributed by atoms with van der Waals surface area (Å²) in [5, 5.41) is 13.0. The maximum atomic E-state index is 13.8. The lowest BCUT2D eigenvalue weighted by Crippen LogP contribution is -2.35. The normalized spacial score (nSPS) is 22.1. The minimum Gasteiger partial charge on any atom is -0.476 e. The van der Waals surface area contributed by atoms with E-state index < -0.39 is 5.97 Å². The molecule has 0 aromatic carbocycles. The van der Waals surface area contributed by atoms with Crippen LogP contribution >= 0.6 is 11.6 Å². The van der Waals surface area contributed by atoms with Crippen molar-refractivity contribution in [2.75, 3.05) is 23.3 Å². The molecule has 1 aliphatic heterocycles. The number of carbonyl (C=O) groups is 1. The highest BCUT2D eigenvalue weighted by molar-refractivity contribution is 6.29. The third kappa shape index (κ3) is 4.03. The Morgan fingerprint density at radius 1 is 1.23 bits per heavy atom. The van der Waals surface area contributed by atoms with Crippen molar-refractivity contribution in [3.63, 3.8) is 0 Å². The van der Waals surface area contributed by atoms with Crippen molar-refractivity contribution in [2.24, 2.45) is 11.8 Å². The highest BCUT2D eigenvalue weighted by Gasteiger charge is 2.43. The number of aryl methyl sites for hydroxylation is 1. The largest absolute Gasteiger partial charge is 0.476 e. The number of carboxylic acids is 1. The zero-order valence-electron chi connectivity index (χ0n) is 19.8. The zero-order chi connectivity index (χ0) is 24.4. The van der Waals surface area contributed by atoms with Crippen LogP contribution in [0.25, 0.3) is 5.65 Å². The fraction of sp³-hybridized carbons (Fsp3) is 0.462. The molecular formula is C26H28ClN5O3. The Morgan fingerprint density at radius 3 is 2.74 bits per heavy atom. The first-order chi connectivity index (χ1) is 16.8. The molecule has 3 atom stereocenters. The van der Waals surface area contributed by atoms with Gasteiger partial charge in [0, 0.05) is 24.8 Å². The van der Waals surface area contributed by atoms with Crippen LogP contribution in [-0.2, 0) is 0 Å². The number of fused-ring (bicyclic) bond motifs is 2. The molecule has 0 spiro atoms. The minimum absolute atomic E-state index is 0.0157. The molecule has 4 heterocycles. The van der Waals surface area contributed by atoms with Gasteiger partial charge in [0.2, 0.25) is 0 Å². The van der Waals surface area contributed by atoms with Crippen molar-refractivity contribution in [3.8, 4) is 0 Å². The molecule has 6 rings (SSSR count). The first-order valence-electron chi connectivity index (χ1n) is 12.3. The van der Waals surface area contributed by atoms with Gasteiger partial charge >= 0.3 is 5.97 Å². The Hall–Kier alpha value is -3.13. The van der Waals surface area contributed by atoms with Crippen molar-refractivity contribution < 1.29 is 9.90 Å². The van der Waals surface area contributed by atoms with E-state index in [2.05, 4.69) is 15.2 Å². The molecule has 2 aliphatic carbocycles. The van der Waals surface area contributed by atoms with Crippen molar-refractivity contribution in [1.29, 1.82) is 0 Å². The van der Waals surface area contributed by atoms with Crippen LogP contribution in [-0.4, -0.2) is 38.5 Å². The molecule has 0 amide bonds. The number of aromatic carboxylic acids is 1. The second kappa shape index (κ2) is 8.22. The minimum atomic E-state index is -1.16. The second-order valence-corrected chi connectivity index (χ2v) is 10.7. The highest BCUT2D eigenvalue weighted by Crippen LogP contribution is 2.48. The first kappa shape index (κ1) is 22.3. The van der Waals surface area contributed by atoms with Crippen LogP contribution in [0.2, 0.25) is 5.15 Å². The van der Waals surface area contributed by atoms with Gasteiger partial charge in [-0.05, 0) is 81.0 Å². The summed E-state index contributed by atoms with van der Waals surface area (Å²) in [5.74, 6) is 1.54. The highest BCUT2D eigenvalue weighted by atomic mass is 35.5. The number of carboxylic acid groups (broad SMARTS) is 1. The van der Waals surface area contributed by atoms with E-state index in [1.54, 1.807) is 16.5 Å². The van der Waals surface area contributed by atoms with Gasteiger partial charge in [-0.25, -0.2) is 14.8 Å². The summed E-state index contributed by atoms with van der Waals surface area (Å²) in [6.45, 7) is 5.81. The van der Waals surface area contributed by atoms with Gasteiger partial charge in [-0.15, -0.1) is 0 Å². The van der Waals surface area contributed by atoms with Gasteiger partial charge in [0.15, 0.2) is 5.69 Å². The quantitative estimate of drug-likeness (QED) is 0.482. The molecule has 3 aliphatic rings. The number of pyridine rings is 2. The number of nitrogens with one attached hydrogen (secondary N) is 1. The van der Waals surface area contributed by atoms with E-state index in [1.807, 2.05) is 26.1 Å². The summed E-state index contributed by atoms with van der Waals surface area (Å²) in [6, 6.07) is 4.86. The van der Waals surface area contributed by atoms with Crippen LogP contribution in [0.15, 0.2) is 29.2 Å². The molecule has 8 nitrogen and oxygen atoms in total. The van der Waals surface area contributed by atoms with Crippen LogP contribution in [0, 0.1) is 18.8 Å². The van der Waals surface area contributed by atoms with E-state index in [-0.39, 0.29) is 28.4 Å². The summed E-state index contributed by atoms with van der Waals surface area (Å²) in [5.41, 5.74) is 3.47. The van der Waals surface area contributed by atoms with Gasteiger partial charge in [0.25, 0.3) is 5.56 Å². The number of halogens is 1. The van der Waals surface area contributed by atoms with Gasteiger partial charge < -0.3 is 15.3 Å². The van der Waals surface area contributed by atoms with E-state index in [0.29, 0.717) is 11.3 Å². The summed E-state index contributed by atoms with van der Waals surface area (Å²) in [7, 11) is 0. The molecule has 35 heavy (non-hydrogen) atoms. The topological polar surface area (TPSA) is 99.8 Å². The molecule has 2 unspecified atom stereocenters. The maximum Gasteiger partial charge on any atom is 0.356 e. The monoisotopic (exact) mass is 493 g/mol. The number of anilines is 2. The number of aromatic nitrogens is 3. The fourth-order valence-electron chi connectivity index (χ4n) is 5.50. The summed E-state index contributed by atoms with van der Waals surface area (Å²) in [6.07, 6.45) is 6.38. The van der Waals surface area contributed by atoms with Crippen molar-refractivity contribution in [2.45, 2.75) is 51.5 Å². The van der Waals surface area contributed by atoms with E-state index >= 15 is 0 Å². The lowest BCUT2D eigenvalue weighted by molar-refractivity contribution is 0.0691. The average Bonchev–Trinajstić information content (AvgIpc) is 3.74. The Bertz CT molecular complexity index is 1420. The number of piperidine rings is 1. The summed E-state index contributed by atoms with van der Waals surface area (Å²) in [4.78, 5) is 37.0.